The van der Waals surface area contributed by atoms with Gasteiger partial charge in [0.1, 0.15) is 11.5 Å². The number of ether oxygens (including phenoxy) is 2. The lowest BCUT2D eigenvalue weighted by Gasteiger charge is -2.18. The number of hydrogen-bond acceptors (Lipinski definition) is 6. The molecule has 9 heteroatoms. The second-order valence-electron chi connectivity index (χ2n) is 5.18. The van der Waals surface area contributed by atoms with E-state index < -0.39 is 31.6 Å². The first-order chi connectivity index (χ1) is 11.8. The highest BCUT2D eigenvalue weighted by Crippen LogP contribution is 2.31. The highest BCUT2D eigenvalue weighted by Gasteiger charge is 2.27. The first kappa shape index (κ1) is 18.7. The van der Waals surface area contributed by atoms with Gasteiger partial charge >= 0.3 is 0 Å². The summed E-state index contributed by atoms with van der Waals surface area (Å²) in [6.07, 6.45) is 0. The van der Waals surface area contributed by atoms with Crippen LogP contribution in [0.25, 0.3) is 0 Å². The predicted molar refractivity (Wildman–Crippen MR) is 91.4 cm³/mol. The van der Waals surface area contributed by atoms with Gasteiger partial charge in [0.25, 0.3) is 5.69 Å². The molecule has 0 amide bonds. The molecule has 0 radical (unpaired) electrons. The Balaban J connectivity index is 2.40. The van der Waals surface area contributed by atoms with Gasteiger partial charge in [-0.2, -0.15) is 0 Å². The number of nitro groups is 1. The Morgan fingerprint density at radius 2 is 1.80 bits per heavy atom. The van der Waals surface area contributed by atoms with E-state index in [1.165, 1.54) is 32.4 Å². The lowest BCUT2D eigenvalue weighted by atomic mass is 10.1. The van der Waals surface area contributed by atoms with E-state index in [-0.39, 0.29) is 0 Å². The molecule has 0 bridgehead atoms. The zero-order valence-electron chi connectivity index (χ0n) is 13.9. The van der Waals surface area contributed by atoms with E-state index in [1.807, 2.05) is 0 Å². The van der Waals surface area contributed by atoms with E-state index in [0.29, 0.717) is 17.1 Å². The summed E-state index contributed by atoms with van der Waals surface area (Å²) in [6.45, 7) is 1.61. The Kier molecular flexibility index (Phi) is 5.60. The molecule has 1 unspecified atom stereocenters. The van der Waals surface area contributed by atoms with E-state index in [2.05, 4.69) is 4.72 Å². The van der Waals surface area contributed by atoms with Crippen molar-refractivity contribution < 1.29 is 22.8 Å². The van der Waals surface area contributed by atoms with Gasteiger partial charge in [-0.15, -0.1) is 0 Å². The third-order valence-electron chi connectivity index (χ3n) is 3.59. The molecule has 0 aliphatic heterocycles. The minimum Gasteiger partial charge on any atom is -0.497 e. The molecule has 0 aliphatic rings. The van der Waals surface area contributed by atoms with Gasteiger partial charge in [-0.3, -0.25) is 10.1 Å². The normalized spacial score (nSPS) is 12.4. The quantitative estimate of drug-likeness (QED) is 0.596. The van der Waals surface area contributed by atoms with Crippen LogP contribution in [0.4, 0.5) is 5.69 Å². The van der Waals surface area contributed by atoms with Crippen LogP contribution >= 0.6 is 0 Å². The van der Waals surface area contributed by atoms with Crippen molar-refractivity contribution >= 4 is 15.7 Å². The Hall–Kier alpha value is -2.65. The molecular formula is C16H18N2O6S. The van der Waals surface area contributed by atoms with E-state index in [9.17, 15) is 18.5 Å². The third kappa shape index (κ3) is 4.06. The van der Waals surface area contributed by atoms with Gasteiger partial charge in [0.2, 0.25) is 10.0 Å². The largest absolute Gasteiger partial charge is 0.497 e. The van der Waals surface area contributed by atoms with Crippen molar-refractivity contribution in [2.45, 2.75) is 17.9 Å². The average molecular weight is 366 g/mol. The average Bonchev–Trinajstić information content (AvgIpc) is 2.60. The summed E-state index contributed by atoms with van der Waals surface area (Å²) in [5.74, 6) is 1.01. The molecule has 0 aliphatic carbocycles. The van der Waals surface area contributed by atoms with Crippen LogP contribution in [0.1, 0.15) is 18.5 Å². The summed E-state index contributed by atoms with van der Waals surface area (Å²) < 4.78 is 38.1. The lowest BCUT2D eigenvalue weighted by molar-refractivity contribution is -0.387. The molecule has 8 nitrogen and oxygen atoms in total. The number of rotatable bonds is 7. The molecule has 134 valence electrons. The van der Waals surface area contributed by atoms with Crippen LogP contribution in [0.3, 0.4) is 0 Å². The maximum atomic E-state index is 12.6. The van der Waals surface area contributed by atoms with E-state index in [4.69, 9.17) is 9.47 Å². The van der Waals surface area contributed by atoms with Crippen LogP contribution in [0.2, 0.25) is 0 Å². The van der Waals surface area contributed by atoms with Gasteiger partial charge in [0.15, 0.2) is 4.90 Å². The molecule has 0 saturated heterocycles. The maximum Gasteiger partial charge on any atom is 0.289 e. The zero-order valence-corrected chi connectivity index (χ0v) is 14.7. The number of benzene rings is 2. The van der Waals surface area contributed by atoms with Gasteiger partial charge < -0.3 is 9.47 Å². The van der Waals surface area contributed by atoms with Crippen molar-refractivity contribution in [2.75, 3.05) is 14.2 Å². The Morgan fingerprint density at radius 1 is 1.12 bits per heavy atom. The molecule has 0 heterocycles. The van der Waals surface area contributed by atoms with E-state index >= 15 is 0 Å². The fourth-order valence-corrected chi connectivity index (χ4v) is 3.77. The van der Waals surface area contributed by atoms with Crippen LogP contribution in [0, 0.1) is 10.1 Å². The van der Waals surface area contributed by atoms with Crippen molar-refractivity contribution in [1.82, 2.24) is 4.72 Å². The van der Waals surface area contributed by atoms with Gasteiger partial charge in [0.05, 0.1) is 19.1 Å². The summed E-state index contributed by atoms with van der Waals surface area (Å²) >= 11 is 0. The second kappa shape index (κ2) is 7.49. The molecular weight excluding hydrogens is 348 g/mol. The van der Waals surface area contributed by atoms with Crippen molar-refractivity contribution in [3.05, 3.63) is 58.1 Å². The minimum atomic E-state index is -4.12. The Morgan fingerprint density at radius 3 is 2.40 bits per heavy atom. The SMILES string of the molecule is COc1ccc(OC)c(C(C)NS(=O)(=O)c2ccccc2[N+](=O)[O-])c1. The minimum absolute atomic E-state index is 0.395. The van der Waals surface area contributed by atoms with Gasteiger partial charge in [-0.05, 0) is 31.2 Å². The van der Waals surface area contributed by atoms with Crippen LogP contribution in [0.5, 0.6) is 11.5 Å². The first-order valence-electron chi connectivity index (χ1n) is 7.28. The van der Waals surface area contributed by atoms with Crippen LogP contribution in [0.15, 0.2) is 47.4 Å². The number of methoxy groups -OCH3 is 2. The standard InChI is InChI=1S/C16H18N2O6S/c1-11(13-10-12(23-2)8-9-15(13)24-3)17-25(21,22)16-7-5-4-6-14(16)18(19)20/h4-11,17H,1-3H3. The number of hydrogen-bond donors (Lipinski definition) is 1. The van der Waals surface area contributed by atoms with Crippen molar-refractivity contribution in [3.8, 4) is 11.5 Å². The number of sulfonamides is 1. The highest BCUT2D eigenvalue weighted by atomic mass is 32.2. The fourth-order valence-electron chi connectivity index (χ4n) is 2.37. The third-order valence-corrected chi connectivity index (χ3v) is 5.17. The van der Waals surface area contributed by atoms with Gasteiger partial charge in [-0.25, -0.2) is 13.1 Å². The molecule has 25 heavy (non-hydrogen) atoms. The summed E-state index contributed by atoms with van der Waals surface area (Å²) in [5.41, 5.74) is 0.0591. The topological polar surface area (TPSA) is 108 Å². The Labute approximate surface area is 145 Å². The second-order valence-corrected chi connectivity index (χ2v) is 6.86. The summed E-state index contributed by atoms with van der Waals surface area (Å²) in [5, 5.41) is 11.1. The van der Waals surface area contributed by atoms with E-state index in [1.54, 1.807) is 25.1 Å². The molecule has 2 aromatic carbocycles. The van der Waals surface area contributed by atoms with E-state index in [0.717, 1.165) is 6.07 Å². The molecule has 0 aromatic heterocycles. The molecule has 2 aromatic rings. The number of para-hydroxylation sites is 1. The summed E-state index contributed by atoms with van der Waals surface area (Å²) in [4.78, 5) is 9.96. The van der Waals surface area contributed by atoms with Gasteiger partial charge in [-0.1, -0.05) is 12.1 Å². The monoisotopic (exact) mass is 366 g/mol. The number of nitro benzene ring substituents is 1. The molecule has 2 rings (SSSR count). The van der Waals surface area contributed by atoms with Crippen molar-refractivity contribution in [3.63, 3.8) is 0 Å². The maximum absolute atomic E-state index is 12.6. The van der Waals surface area contributed by atoms with Gasteiger partial charge in [0, 0.05) is 17.7 Å². The number of nitrogens with one attached hydrogen (secondary N) is 1. The summed E-state index contributed by atoms with van der Waals surface area (Å²) in [7, 11) is -1.16. The van der Waals surface area contributed by atoms with Crippen molar-refractivity contribution in [1.29, 1.82) is 0 Å². The molecule has 0 spiro atoms. The molecule has 1 N–H and O–H groups in total. The zero-order chi connectivity index (χ0) is 18.6. The van der Waals surface area contributed by atoms with Crippen LogP contribution in [-0.4, -0.2) is 27.6 Å². The van der Waals surface area contributed by atoms with Crippen LogP contribution in [-0.2, 0) is 10.0 Å². The highest BCUT2D eigenvalue weighted by molar-refractivity contribution is 7.89. The molecule has 0 saturated carbocycles. The Bertz CT molecular complexity index is 882. The molecule has 1 atom stereocenters. The molecule has 0 fully saturated rings. The predicted octanol–water partition coefficient (Wildman–Crippen LogP) is 2.65. The summed E-state index contributed by atoms with van der Waals surface area (Å²) in [6, 6.07) is 9.46. The van der Waals surface area contributed by atoms with Crippen molar-refractivity contribution in [2.24, 2.45) is 0 Å². The smallest absolute Gasteiger partial charge is 0.289 e. The number of nitrogens with zero attached hydrogens (tertiary/aromatic N) is 1. The lowest BCUT2D eigenvalue weighted by Crippen LogP contribution is -2.27. The first-order valence-corrected chi connectivity index (χ1v) is 8.76. The van der Waals surface area contributed by atoms with Crippen LogP contribution < -0.4 is 14.2 Å². The fraction of sp³-hybridized carbons (Fsp3) is 0.250.